The van der Waals surface area contributed by atoms with E-state index in [1.165, 1.54) is 18.6 Å². The Bertz CT molecular complexity index is 469. The molecule has 2 unspecified atom stereocenters. The van der Waals surface area contributed by atoms with Crippen LogP contribution in [0.1, 0.15) is 19.8 Å². The summed E-state index contributed by atoms with van der Waals surface area (Å²) in [6.07, 6.45) is 2.52. The van der Waals surface area contributed by atoms with Crippen LogP contribution in [-0.4, -0.2) is 30.3 Å². The number of hydrogen-bond donors (Lipinski definition) is 1. The summed E-state index contributed by atoms with van der Waals surface area (Å²) in [7, 11) is 0. The van der Waals surface area contributed by atoms with E-state index in [9.17, 15) is 0 Å². The molecule has 1 fully saturated rings. The zero-order valence-electron chi connectivity index (χ0n) is 10.9. The van der Waals surface area contributed by atoms with Crippen molar-refractivity contribution in [3.8, 4) is 11.5 Å². The molecule has 1 aromatic rings. The Kier molecular flexibility index (Phi) is 4.12. The predicted molar refractivity (Wildman–Crippen MR) is 83.7 cm³/mol. The number of fused-ring (bicyclic) bond motifs is 1. The van der Waals surface area contributed by atoms with Gasteiger partial charge in [-0.3, -0.25) is 0 Å². The molecular formula is C14H18BrNO2S. The second-order valence-electron chi connectivity index (χ2n) is 4.94. The molecule has 3 rings (SSSR count). The van der Waals surface area contributed by atoms with Crippen molar-refractivity contribution in [3.05, 3.63) is 16.6 Å². The Balaban J connectivity index is 1.80. The zero-order valence-corrected chi connectivity index (χ0v) is 13.4. The molecule has 2 heterocycles. The van der Waals surface area contributed by atoms with Crippen molar-refractivity contribution in [2.24, 2.45) is 0 Å². The Morgan fingerprint density at radius 2 is 2.00 bits per heavy atom. The summed E-state index contributed by atoms with van der Waals surface area (Å²) in [6.45, 7) is 3.56. The number of rotatable bonds is 2. The molecule has 1 aromatic carbocycles. The normalized spacial score (nSPS) is 26.0. The molecule has 2 aliphatic rings. The van der Waals surface area contributed by atoms with Crippen LogP contribution < -0.4 is 14.8 Å². The van der Waals surface area contributed by atoms with Crippen LogP contribution in [0.4, 0.5) is 5.69 Å². The standard InChI is InChI=1S/C14H18BrNO2S/c1-9-11(3-2-6-19-9)16-12-8-14-13(7-10(12)15)17-4-5-18-14/h7-9,11,16H,2-6H2,1H3. The summed E-state index contributed by atoms with van der Waals surface area (Å²) >= 11 is 5.66. The topological polar surface area (TPSA) is 30.5 Å². The van der Waals surface area contributed by atoms with Gasteiger partial charge in [-0.15, -0.1) is 0 Å². The van der Waals surface area contributed by atoms with E-state index in [1.54, 1.807) is 0 Å². The molecule has 5 heteroatoms. The summed E-state index contributed by atoms with van der Waals surface area (Å²) in [5, 5.41) is 4.29. The van der Waals surface area contributed by atoms with E-state index in [0.29, 0.717) is 24.5 Å². The summed E-state index contributed by atoms with van der Waals surface area (Å²) in [5.41, 5.74) is 1.10. The highest BCUT2D eigenvalue weighted by Gasteiger charge is 2.23. The first-order valence-electron chi connectivity index (χ1n) is 6.71. The molecule has 0 aliphatic carbocycles. The highest BCUT2D eigenvalue weighted by Crippen LogP contribution is 2.39. The van der Waals surface area contributed by atoms with Gasteiger partial charge in [-0.05, 0) is 34.5 Å². The van der Waals surface area contributed by atoms with Crippen molar-refractivity contribution < 1.29 is 9.47 Å². The SMILES string of the molecule is CC1SCCCC1Nc1cc2c(cc1Br)OCCO2. The van der Waals surface area contributed by atoms with Crippen LogP contribution >= 0.6 is 27.7 Å². The van der Waals surface area contributed by atoms with Gasteiger partial charge in [0.25, 0.3) is 0 Å². The van der Waals surface area contributed by atoms with Crippen LogP contribution in [0.5, 0.6) is 11.5 Å². The molecule has 0 aromatic heterocycles. The molecule has 1 saturated heterocycles. The third kappa shape index (κ3) is 2.97. The second kappa shape index (κ2) is 5.83. The minimum absolute atomic E-state index is 0.526. The van der Waals surface area contributed by atoms with Gasteiger partial charge >= 0.3 is 0 Å². The van der Waals surface area contributed by atoms with Gasteiger partial charge < -0.3 is 14.8 Å². The monoisotopic (exact) mass is 343 g/mol. The third-order valence-electron chi connectivity index (χ3n) is 3.58. The fourth-order valence-electron chi connectivity index (χ4n) is 2.49. The fourth-order valence-corrected chi connectivity index (χ4v) is 4.07. The van der Waals surface area contributed by atoms with E-state index in [4.69, 9.17) is 9.47 Å². The van der Waals surface area contributed by atoms with Crippen LogP contribution in [0, 0.1) is 0 Å². The van der Waals surface area contributed by atoms with Crippen LogP contribution in [0.15, 0.2) is 16.6 Å². The maximum absolute atomic E-state index is 5.64. The minimum atomic E-state index is 0.526. The maximum Gasteiger partial charge on any atom is 0.163 e. The first-order valence-corrected chi connectivity index (χ1v) is 8.55. The number of nitrogens with one attached hydrogen (secondary N) is 1. The lowest BCUT2D eigenvalue weighted by Crippen LogP contribution is -2.32. The van der Waals surface area contributed by atoms with Crippen LogP contribution in [-0.2, 0) is 0 Å². The van der Waals surface area contributed by atoms with E-state index in [0.717, 1.165) is 21.7 Å². The average molecular weight is 344 g/mol. The van der Waals surface area contributed by atoms with E-state index < -0.39 is 0 Å². The Morgan fingerprint density at radius 1 is 1.26 bits per heavy atom. The molecule has 0 spiro atoms. The minimum Gasteiger partial charge on any atom is -0.486 e. The molecule has 2 aliphatic heterocycles. The number of hydrogen-bond acceptors (Lipinski definition) is 4. The molecule has 19 heavy (non-hydrogen) atoms. The van der Waals surface area contributed by atoms with E-state index >= 15 is 0 Å². The number of benzene rings is 1. The third-order valence-corrected chi connectivity index (χ3v) is 5.61. The van der Waals surface area contributed by atoms with Gasteiger partial charge in [0.15, 0.2) is 11.5 Å². The largest absolute Gasteiger partial charge is 0.486 e. The predicted octanol–water partition coefficient (Wildman–Crippen LogP) is 3.92. The molecule has 0 amide bonds. The second-order valence-corrected chi connectivity index (χ2v) is 7.28. The van der Waals surface area contributed by atoms with Gasteiger partial charge in [0, 0.05) is 27.9 Å². The summed E-state index contributed by atoms with van der Waals surface area (Å²) in [6, 6.07) is 4.57. The van der Waals surface area contributed by atoms with Crippen LogP contribution in [0.25, 0.3) is 0 Å². The number of thioether (sulfide) groups is 1. The lowest BCUT2D eigenvalue weighted by Gasteiger charge is -2.31. The summed E-state index contributed by atoms with van der Waals surface area (Å²) < 4.78 is 12.3. The van der Waals surface area contributed by atoms with Crippen LogP contribution in [0.3, 0.4) is 0 Å². The lowest BCUT2D eigenvalue weighted by molar-refractivity contribution is 0.171. The van der Waals surface area contributed by atoms with Gasteiger partial charge in [-0.2, -0.15) is 11.8 Å². The first-order chi connectivity index (χ1) is 9.24. The zero-order chi connectivity index (χ0) is 13.2. The summed E-state index contributed by atoms with van der Waals surface area (Å²) in [5.74, 6) is 2.95. The van der Waals surface area contributed by atoms with Gasteiger partial charge in [0.2, 0.25) is 0 Å². The van der Waals surface area contributed by atoms with E-state index in [-0.39, 0.29) is 0 Å². The van der Waals surface area contributed by atoms with Crippen molar-refractivity contribution in [2.75, 3.05) is 24.3 Å². The van der Waals surface area contributed by atoms with E-state index in [2.05, 4.69) is 28.2 Å². The van der Waals surface area contributed by atoms with Gasteiger partial charge in [0.1, 0.15) is 13.2 Å². The van der Waals surface area contributed by atoms with Gasteiger partial charge in [-0.1, -0.05) is 6.92 Å². The lowest BCUT2D eigenvalue weighted by atomic mass is 10.1. The number of halogens is 1. The Labute approximate surface area is 126 Å². The van der Waals surface area contributed by atoms with E-state index in [1.807, 2.05) is 23.9 Å². The Hall–Kier alpha value is -0.550. The fraction of sp³-hybridized carbons (Fsp3) is 0.571. The molecule has 0 saturated carbocycles. The van der Waals surface area contributed by atoms with Crippen molar-refractivity contribution in [2.45, 2.75) is 31.1 Å². The highest BCUT2D eigenvalue weighted by molar-refractivity contribution is 9.10. The number of anilines is 1. The molecule has 2 atom stereocenters. The maximum atomic E-state index is 5.64. The van der Waals surface area contributed by atoms with Gasteiger partial charge in [-0.25, -0.2) is 0 Å². The van der Waals surface area contributed by atoms with Crippen molar-refractivity contribution >= 4 is 33.4 Å². The van der Waals surface area contributed by atoms with Crippen molar-refractivity contribution in [1.82, 2.24) is 0 Å². The first kappa shape index (κ1) is 13.4. The van der Waals surface area contributed by atoms with Crippen molar-refractivity contribution in [3.63, 3.8) is 0 Å². The quantitative estimate of drug-likeness (QED) is 0.881. The molecule has 3 nitrogen and oxygen atoms in total. The molecule has 0 bridgehead atoms. The molecule has 1 N–H and O–H groups in total. The van der Waals surface area contributed by atoms with Crippen molar-refractivity contribution in [1.29, 1.82) is 0 Å². The average Bonchev–Trinajstić information content (AvgIpc) is 2.42. The van der Waals surface area contributed by atoms with Crippen LogP contribution in [0.2, 0.25) is 0 Å². The molecule has 104 valence electrons. The smallest absolute Gasteiger partial charge is 0.163 e. The molecule has 0 radical (unpaired) electrons. The summed E-state index contributed by atoms with van der Waals surface area (Å²) in [4.78, 5) is 0. The highest BCUT2D eigenvalue weighted by atomic mass is 79.9. The van der Waals surface area contributed by atoms with Gasteiger partial charge in [0.05, 0.1) is 5.69 Å². The Morgan fingerprint density at radius 3 is 2.74 bits per heavy atom. The molecular weight excluding hydrogens is 326 g/mol. The number of ether oxygens (including phenoxy) is 2.